The monoisotopic (exact) mass is 281 g/mol. The number of rotatable bonds is 5. The SMILES string of the molecule is CC(C)CC(CN)C(=O)N1CCN(C(=O)C2CC2)CC1. The molecule has 0 aromatic carbocycles. The summed E-state index contributed by atoms with van der Waals surface area (Å²) in [6, 6.07) is 0. The van der Waals surface area contributed by atoms with Gasteiger partial charge in [-0.1, -0.05) is 13.8 Å². The van der Waals surface area contributed by atoms with Gasteiger partial charge in [-0.15, -0.1) is 0 Å². The van der Waals surface area contributed by atoms with Crippen molar-refractivity contribution in [1.82, 2.24) is 9.80 Å². The molecule has 5 nitrogen and oxygen atoms in total. The molecule has 1 unspecified atom stereocenters. The Morgan fingerprint density at radius 2 is 1.65 bits per heavy atom. The first kappa shape index (κ1) is 15.3. The molecule has 0 radical (unpaired) electrons. The Hall–Kier alpha value is -1.10. The van der Waals surface area contributed by atoms with Gasteiger partial charge in [-0.05, 0) is 25.2 Å². The van der Waals surface area contributed by atoms with Crippen LogP contribution in [-0.4, -0.2) is 54.3 Å². The zero-order valence-electron chi connectivity index (χ0n) is 12.7. The Morgan fingerprint density at radius 3 is 2.10 bits per heavy atom. The molecular formula is C15H27N3O2. The Balaban J connectivity index is 1.82. The molecule has 20 heavy (non-hydrogen) atoms. The highest BCUT2D eigenvalue weighted by Crippen LogP contribution is 2.31. The molecular weight excluding hydrogens is 254 g/mol. The highest BCUT2D eigenvalue weighted by Gasteiger charge is 2.35. The molecule has 2 fully saturated rings. The van der Waals surface area contributed by atoms with E-state index in [4.69, 9.17) is 5.73 Å². The molecule has 0 aromatic heterocycles. The first-order valence-corrected chi connectivity index (χ1v) is 7.80. The normalized spacial score (nSPS) is 21.2. The van der Waals surface area contributed by atoms with Crippen LogP contribution in [0.4, 0.5) is 0 Å². The van der Waals surface area contributed by atoms with Crippen molar-refractivity contribution in [3.63, 3.8) is 0 Å². The summed E-state index contributed by atoms with van der Waals surface area (Å²) >= 11 is 0. The summed E-state index contributed by atoms with van der Waals surface area (Å²) in [5.74, 6) is 1.13. The van der Waals surface area contributed by atoms with Gasteiger partial charge in [-0.25, -0.2) is 0 Å². The fourth-order valence-corrected chi connectivity index (χ4v) is 2.86. The third-order valence-corrected chi connectivity index (χ3v) is 4.22. The van der Waals surface area contributed by atoms with Crippen LogP contribution in [-0.2, 0) is 9.59 Å². The van der Waals surface area contributed by atoms with Crippen molar-refractivity contribution in [3.8, 4) is 0 Å². The summed E-state index contributed by atoms with van der Waals surface area (Å²) in [5, 5.41) is 0. The second-order valence-electron chi connectivity index (χ2n) is 6.49. The second-order valence-corrected chi connectivity index (χ2v) is 6.49. The topological polar surface area (TPSA) is 66.6 Å². The van der Waals surface area contributed by atoms with Crippen LogP contribution in [0.25, 0.3) is 0 Å². The first-order chi connectivity index (χ1) is 9.52. The Labute approximate surface area is 121 Å². The van der Waals surface area contributed by atoms with E-state index in [0.29, 0.717) is 38.6 Å². The first-order valence-electron chi connectivity index (χ1n) is 7.80. The van der Waals surface area contributed by atoms with Gasteiger partial charge in [0.25, 0.3) is 0 Å². The van der Waals surface area contributed by atoms with Gasteiger partial charge in [0, 0.05) is 38.6 Å². The van der Waals surface area contributed by atoms with Gasteiger partial charge in [0.05, 0.1) is 5.92 Å². The molecule has 0 bridgehead atoms. The molecule has 114 valence electrons. The van der Waals surface area contributed by atoms with Crippen molar-refractivity contribution in [2.45, 2.75) is 33.1 Å². The van der Waals surface area contributed by atoms with Gasteiger partial charge >= 0.3 is 0 Å². The maximum Gasteiger partial charge on any atom is 0.227 e. The number of amides is 2. The van der Waals surface area contributed by atoms with Gasteiger partial charge in [-0.3, -0.25) is 9.59 Å². The lowest BCUT2D eigenvalue weighted by molar-refractivity contribution is -0.142. The van der Waals surface area contributed by atoms with E-state index in [9.17, 15) is 9.59 Å². The van der Waals surface area contributed by atoms with E-state index in [0.717, 1.165) is 19.3 Å². The van der Waals surface area contributed by atoms with E-state index in [1.54, 1.807) is 0 Å². The van der Waals surface area contributed by atoms with Crippen LogP contribution in [0.15, 0.2) is 0 Å². The van der Waals surface area contributed by atoms with Crippen LogP contribution in [0.3, 0.4) is 0 Å². The molecule has 1 aliphatic carbocycles. The quantitative estimate of drug-likeness (QED) is 0.806. The average molecular weight is 281 g/mol. The van der Waals surface area contributed by atoms with Gasteiger partial charge in [0.1, 0.15) is 0 Å². The van der Waals surface area contributed by atoms with Crippen molar-refractivity contribution in [2.24, 2.45) is 23.5 Å². The molecule has 1 saturated carbocycles. The zero-order chi connectivity index (χ0) is 14.7. The van der Waals surface area contributed by atoms with E-state index in [1.807, 2.05) is 9.80 Å². The van der Waals surface area contributed by atoms with Crippen LogP contribution < -0.4 is 5.73 Å². The van der Waals surface area contributed by atoms with Gasteiger partial charge in [0.2, 0.25) is 11.8 Å². The number of nitrogens with two attached hydrogens (primary N) is 1. The summed E-state index contributed by atoms with van der Waals surface area (Å²) in [4.78, 5) is 28.2. The van der Waals surface area contributed by atoms with Crippen molar-refractivity contribution < 1.29 is 9.59 Å². The van der Waals surface area contributed by atoms with Crippen LogP contribution in [0.1, 0.15) is 33.1 Å². The Kier molecular flexibility index (Phi) is 5.02. The van der Waals surface area contributed by atoms with E-state index in [2.05, 4.69) is 13.8 Å². The summed E-state index contributed by atoms with van der Waals surface area (Å²) in [6.07, 6.45) is 2.93. The fourth-order valence-electron chi connectivity index (χ4n) is 2.86. The van der Waals surface area contributed by atoms with Crippen molar-refractivity contribution >= 4 is 11.8 Å². The summed E-state index contributed by atoms with van der Waals surface area (Å²) in [7, 11) is 0. The number of hydrogen-bond donors (Lipinski definition) is 1. The van der Waals surface area contributed by atoms with Crippen LogP contribution in [0.2, 0.25) is 0 Å². The van der Waals surface area contributed by atoms with E-state index >= 15 is 0 Å². The minimum Gasteiger partial charge on any atom is -0.339 e. The molecule has 0 aromatic rings. The van der Waals surface area contributed by atoms with Crippen LogP contribution >= 0.6 is 0 Å². The maximum absolute atomic E-state index is 12.4. The summed E-state index contributed by atoms with van der Waals surface area (Å²) in [6.45, 7) is 7.32. The summed E-state index contributed by atoms with van der Waals surface area (Å²) in [5.41, 5.74) is 5.74. The average Bonchev–Trinajstić information content (AvgIpc) is 3.27. The fraction of sp³-hybridized carbons (Fsp3) is 0.867. The molecule has 2 amide bonds. The number of nitrogens with zero attached hydrogens (tertiary/aromatic N) is 2. The van der Waals surface area contributed by atoms with Crippen molar-refractivity contribution in [1.29, 1.82) is 0 Å². The van der Waals surface area contributed by atoms with E-state index in [1.165, 1.54) is 0 Å². The number of piperazine rings is 1. The summed E-state index contributed by atoms with van der Waals surface area (Å²) < 4.78 is 0. The van der Waals surface area contributed by atoms with Crippen LogP contribution in [0.5, 0.6) is 0 Å². The molecule has 1 heterocycles. The van der Waals surface area contributed by atoms with Gasteiger partial charge in [0.15, 0.2) is 0 Å². The van der Waals surface area contributed by atoms with Crippen molar-refractivity contribution in [3.05, 3.63) is 0 Å². The van der Waals surface area contributed by atoms with Gasteiger partial charge in [-0.2, -0.15) is 0 Å². The number of carbonyl (C=O) groups is 2. The smallest absolute Gasteiger partial charge is 0.227 e. The molecule has 5 heteroatoms. The van der Waals surface area contributed by atoms with Crippen molar-refractivity contribution in [2.75, 3.05) is 32.7 Å². The minimum atomic E-state index is -0.0688. The molecule has 2 aliphatic rings. The Bertz CT molecular complexity index is 358. The predicted octanol–water partition coefficient (Wildman–Crippen LogP) is 0.688. The third kappa shape index (κ3) is 3.72. The lowest BCUT2D eigenvalue weighted by atomic mass is 9.95. The third-order valence-electron chi connectivity index (χ3n) is 4.22. The van der Waals surface area contributed by atoms with Crippen LogP contribution in [0, 0.1) is 17.8 Å². The number of carbonyl (C=O) groups excluding carboxylic acids is 2. The van der Waals surface area contributed by atoms with Gasteiger partial charge < -0.3 is 15.5 Å². The lowest BCUT2D eigenvalue weighted by Crippen LogP contribution is -2.53. The molecule has 1 aliphatic heterocycles. The second kappa shape index (κ2) is 6.57. The van der Waals surface area contributed by atoms with E-state index < -0.39 is 0 Å². The predicted molar refractivity (Wildman–Crippen MR) is 77.9 cm³/mol. The molecule has 2 N–H and O–H groups in total. The zero-order valence-corrected chi connectivity index (χ0v) is 12.7. The Morgan fingerprint density at radius 1 is 1.10 bits per heavy atom. The molecule has 1 atom stereocenters. The standard InChI is InChI=1S/C15H27N3O2/c1-11(2)9-13(10-16)15(20)18-7-5-17(6-8-18)14(19)12-3-4-12/h11-13H,3-10,16H2,1-2H3. The van der Waals surface area contributed by atoms with E-state index in [-0.39, 0.29) is 23.7 Å². The molecule has 0 spiro atoms. The maximum atomic E-state index is 12.4. The highest BCUT2D eigenvalue weighted by atomic mass is 16.2. The molecule has 2 rings (SSSR count). The highest BCUT2D eigenvalue weighted by molar-refractivity contribution is 5.82. The molecule has 1 saturated heterocycles. The lowest BCUT2D eigenvalue weighted by Gasteiger charge is -2.36. The largest absolute Gasteiger partial charge is 0.339 e. The number of hydrogen-bond acceptors (Lipinski definition) is 3. The minimum absolute atomic E-state index is 0.0688.